The average molecular weight is 268 g/mol. The van der Waals surface area contributed by atoms with E-state index in [4.69, 9.17) is 0 Å². The molecule has 114 valence electrons. The molecule has 1 aliphatic carbocycles. The van der Waals surface area contributed by atoms with Crippen LogP contribution in [0.3, 0.4) is 0 Å². The molecule has 0 aromatic rings. The van der Waals surface area contributed by atoms with Crippen molar-refractivity contribution in [3.05, 3.63) is 0 Å². The van der Waals surface area contributed by atoms with Crippen LogP contribution in [-0.2, 0) is 0 Å². The molecule has 2 unspecified atom stereocenters. The number of nitrogens with one attached hydrogen (secondary N) is 1. The van der Waals surface area contributed by atoms with E-state index in [-0.39, 0.29) is 0 Å². The van der Waals surface area contributed by atoms with Gasteiger partial charge in [0, 0.05) is 0 Å². The van der Waals surface area contributed by atoms with E-state index in [1.807, 2.05) is 0 Å². The van der Waals surface area contributed by atoms with E-state index in [1.54, 1.807) is 0 Å². The Morgan fingerprint density at radius 2 is 1.37 bits per heavy atom. The van der Waals surface area contributed by atoms with Crippen LogP contribution < -0.4 is 5.32 Å². The lowest BCUT2D eigenvalue weighted by atomic mass is 9.76. The molecule has 1 rings (SSSR count). The summed E-state index contributed by atoms with van der Waals surface area (Å²) in [5.74, 6) is 2.00. The first-order chi connectivity index (χ1) is 9.38. The Bertz CT molecular complexity index is 188. The predicted molar refractivity (Wildman–Crippen MR) is 86.6 cm³/mol. The van der Waals surface area contributed by atoms with Crippen LogP contribution in [0, 0.1) is 11.8 Å². The Labute approximate surface area is 121 Å². The van der Waals surface area contributed by atoms with E-state index >= 15 is 0 Å². The Kier molecular flexibility index (Phi) is 10.5. The number of unbranched alkanes of at least 4 members (excludes halogenated alkanes) is 7. The molecule has 0 aromatic carbocycles. The third-order valence-electron chi connectivity index (χ3n) is 4.96. The molecule has 1 aliphatic rings. The van der Waals surface area contributed by atoms with Gasteiger partial charge in [0.1, 0.15) is 0 Å². The molecule has 0 amide bonds. The number of hydrogen-bond acceptors (Lipinski definition) is 1. The zero-order valence-corrected chi connectivity index (χ0v) is 13.6. The summed E-state index contributed by atoms with van der Waals surface area (Å²) >= 11 is 0. The number of hydrogen-bond donors (Lipinski definition) is 1. The minimum absolute atomic E-state index is 0.975. The van der Waals surface area contributed by atoms with Gasteiger partial charge in [-0.3, -0.25) is 0 Å². The maximum atomic E-state index is 3.40. The van der Waals surface area contributed by atoms with Gasteiger partial charge in [-0.2, -0.15) is 0 Å². The Hall–Kier alpha value is -0.0400. The van der Waals surface area contributed by atoms with Gasteiger partial charge in [0.05, 0.1) is 0 Å². The standard InChI is InChI=1S/C18H37N/c1-3-4-5-6-7-8-9-10-13-17-14-11-12-15-18(17)16-19-2/h17-19H,3-16H2,1-2H3. The smallest absolute Gasteiger partial charge is 0.00209 e. The Balaban J connectivity index is 1.97. The quantitative estimate of drug-likeness (QED) is 0.484. The molecule has 0 heterocycles. The van der Waals surface area contributed by atoms with Gasteiger partial charge in [-0.15, -0.1) is 0 Å². The second-order valence-electron chi connectivity index (χ2n) is 6.63. The molecule has 2 atom stereocenters. The Morgan fingerprint density at radius 3 is 2.00 bits per heavy atom. The maximum absolute atomic E-state index is 3.40. The van der Waals surface area contributed by atoms with Gasteiger partial charge in [0.2, 0.25) is 0 Å². The van der Waals surface area contributed by atoms with Crippen LogP contribution in [0.1, 0.15) is 90.4 Å². The Morgan fingerprint density at radius 1 is 0.789 bits per heavy atom. The van der Waals surface area contributed by atoms with Gasteiger partial charge in [0.15, 0.2) is 0 Å². The molecule has 0 aromatic heterocycles. The molecule has 0 saturated heterocycles. The van der Waals surface area contributed by atoms with Crippen molar-refractivity contribution in [2.24, 2.45) is 11.8 Å². The SMILES string of the molecule is CCCCCCCCCCC1CCCCC1CNC. The highest BCUT2D eigenvalue weighted by Gasteiger charge is 2.23. The number of rotatable bonds is 11. The molecule has 1 saturated carbocycles. The zero-order valence-electron chi connectivity index (χ0n) is 13.6. The van der Waals surface area contributed by atoms with Crippen molar-refractivity contribution >= 4 is 0 Å². The summed E-state index contributed by atoms with van der Waals surface area (Å²) in [5.41, 5.74) is 0. The topological polar surface area (TPSA) is 12.0 Å². The fourth-order valence-corrected chi connectivity index (χ4v) is 3.74. The summed E-state index contributed by atoms with van der Waals surface area (Å²) < 4.78 is 0. The summed E-state index contributed by atoms with van der Waals surface area (Å²) in [7, 11) is 2.11. The minimum Gasteiger partial charge on any atom is -0.319 e. The second kappa shape index (κ2) is 11.8. The van der Waals surface area contributed by atoms with E-state index in [9.17, 15) is 0 Å². The van der Waals surface area contributed by atoms with Crippen molar-refractivity contribution in [3.8, 4) is 0 Å². The van der Waals surface area contributed by atoms with Gasteiger partial charge >= 0.3 is 0 Å². The molecule has 0 aliphatic heterocycles. The summed E-state index contributed by atoms with van der Waals surface area (Å²) in [5, 5.41) is 3.40. The van der Waals surface area contributed by atoms with Gasteiger partial charge in [-0.25, -0.2) is 0 Å². The lowest BCUT2D eigenvalue weighted by molar-refractivity contribution is 0.216. The van der Waals surface area contributed by atoms with Crippen LogP contribution in [-0.4, -0.2) is 13.6 Å². The van der Waals surface area contributed by atoms with Crippen LogP contribution in [0.5, 0.6) is 0 Å². The predicted octanol–water partition coefficient (Wildman–Crippen LogP) is 5.54. The van der Waals surface area contributed by atoms with E-state index in [2.05, 4.69) is 19.3 Å². The summed E-state index contributed by atoms with van der Waals surface area (Å²) in [4.78, 5) is 0. The third-order valence-corrected chi connectivity index (χ3v) is 4.96. The normalized spacial score (nSPS) is 23.7. The average Bonchev–Trinajstić information content (AvgIpc) is 2.44. The molecule has 1 fully saturated rings. The first-order valence-electron chi connectivity index (χ1n) is 9.03. The summed E-state index contributed by atoms with van der Waals surface area (Å²) in [6.07, 6.45) is 19.1. The van der Waals surface area contributed by atoms with E-state index < -0.39 is 0 Å². The third kappa shape index (κ3) is 7.97. The lowest BCUT2D eigenvalue weighted by Gasteiger charge is -2.31. The molecular weight excluding hydrogens is 230 g/mol. The highest BCUT2D eigenvalue weighted by atomic mass is 14.8. The van der Waals surface area contributed by atoms with E-state index in [1.165, 1.54) is 90.0 Å². The summed E-state index contributed by atoms with van der Waals surface area (Å²) in [6, 6.07) is 0. The molecule has 1 heteroatoms. The van der Waals surface area contributed by atoms with Gasteiger partial charge < -0.3 is 5.32 Å². The van der Waals surface area contributed by atoms with Crippen molar-refractivity contribution in [2.75, 3.05) is 13.6 Å². The van der Waals surface area contributed by atoms with Crippen molar-refractivity contribution < 1.29 is 0 Å². The molecule has 0 bridgehead atoms. The van der Waals surface area contributed by atoms with Gasteiger partial charge in [0.25, 0.3) is 0 Å². The maximum Gasteiger partial charge on any atom is -0.00209 e. The van der Waals surface area contributed by atoms with Crippen LogP contribution in [0.2, 0.25) is 0 Å². The largest absolute Gasteiger partial charge is 0.319 e. The first kappa shape index (κ1) is 17.0. The molecule has 1 N–H and O–H groups in total. The van der Waals surface area contributed by atoms with Crippen LogP contribution in [0.4, 0.5) is 0 Å². The molecule has 19 heavy (non-hydrogen) atoms. The van der Waals surface area contributed by atoms with Crippen LogP contribution >= 0.6 is 0 Å². The second-order valence-corrected chi connectivity index (χ2v) is 6.63. The fourth-order valence-electron chi connectivity index (χ4n) is 3.74. The van der Waals surface area contributed by atoms with Crippen molar-refractivity contribution in [2.45, 2.75) is 90.4 Å². The summed E-state index contributed by atoms with van der Waals surface area (Å²) in [6.45, 7) is 3.55. The van der Waals surface area contributed by atoms with Crippen molar-refractivity contribution in [1.29, 1.82) is 0 Å². The minimum atomic E-state index is 0.975. The van der Waals surface area contributed by atoms with E-state index in [0.29, 0.717) is 0 Å². The zero-order chi connectivity index (χ0) is 13.8. The lowest BCUT2D eigenvalue weighted by Crippen LogP contribution is -2.28. The highest BCUT2D eigenvalue weighted by molar-refractivity contribution is 4.76. The molecule has 1 nitrogen and oxygen atoms in total. The van der Waals surface area contributed by atoms with Crippen molar-refractivity contribution in [3.63, 3.8) is 0 Å². The fraction of sp³-hybridized carbons (Fsp3) is 1.00. The van der Waals surface area contributed by atoms with Gasteiger partial charge in [-0.1, -0.05) is 84.0 Å². The van der Waals surface area contributed by atoms with Crippen LogP contribution in [0.25, 0.3) is 0 Å². The molecule has 0 radical (unpaired) electrons. The van der Waals surface area contributed by atoms with Crippen molar-refractivity contribution in [1.82, 2.24) is 5.32 Å². The van der Waals surface area contributed by atoms with Crippen LogP contribution in [0.15, 0.2) is 0 Å². The highest BCUT2D eigenvalue weighted by Crippen LogP contribution is 2.33. The monoisotopic (exact) mass is 267 g/mol. The molecule has 0 spiro atoms. The molecular formula is C18H37N. The van der Waals surface area contributed by atoms with E-state index in [0.717, 1.165) is 11.8 Å². The first-order valence-corrected chi connectivity index (χ1v) is 9.03. The van der Waals surface area contributed by atoms with Gasteiger partial charge in [-0.05, 0) is 31.8 Å².